The highest BCUT2D eigenvalue weighted by Crippen LogP contribution is 2.29. The molecule has 6 nitrogen and oxygen atoms in total. The molecule has 0 heterocycles. The van der Waals surface area contributed by atoms with Crippen LogP contribution < -0.4 is 25.3 Å². The minimum Gasteiger partial charge on any atom is -0.493 e. The van der Waals surface area contributed by atoms with Gasteiger partial charge in [-0.05, 0) is 42.0 Å². The van der Waals surface area contributed by atoms with Gasteiger partial charge in [-0.25, -0.2) is 4.99 Å². The summed E-state index contributed by atoms with van der Waals surface area (Å²) in [5, 5.41) is 3.05. The summed E-state index contributed by atoms with van der Waals surface area (Å²) in [4.78, 5) is 4.37. The van der Waals surface area contributed by atoms with Gasteiger partial charge >= 0.3 is 0 Å². The van der Waals surface area contributed by atoms with E-state index in [0.29, 0.717) is 24.0 Å². The molecule has 0 aliphatic heterocycles. The van der Waals surface area contributed by atoms with Crippen LogP contribution in [0.4, 0.5) is 5.69 Å². The summed E-state index contributed by atoms with van der Waals surface area (Å²) in [5.74, 6) is 3.17. The summed E-state index contributed by atoms with van der Waals surface area (Å²) < 4.78 is 16.3. The lowest BCUT2D eigenvalue weighted by molar-refractivity contribution is 0.355. The zero-order chi connectivity index (χ0) is 19.8. The highest BCUT2D eigenvalue weighted by Gasteiger charge is 2.05. The molecule has 152 valence electrons. The Kier molecular flexibility index (Phi) is 8.60. The monoisotopic (exact) mass is 505 g/mol. The lowest BCUT2D eigenvalue weighted by Gasteiger charge is -2.11. The summed E-state index contributed by atoms with van der Waals surface area (Å²) in [6, 6.07) is 22.9. The van der Waals surface area contributed by atoms with Gasteiger partial charge in [0.2, 0.25) is 0 Å². The zero-order valence-corrected chi connectivity index (χ0v) is 18.6. The number of anilines is 1. The summed E-state index contributed by atoms with van der Waals surface area (Å²) in [5.41, 5.74) is 7.78. The summed E-state index contributed by atoms with van der Waals surface area (Å²) in [7, 11) is 3.18. The highest BCUT2D eigenvalue weighted by atomic mass is 127. The van der Waals surface area contributed by atoms with Crippen molar-refractivity contribution in [2.75, 3.05) is 19.5 Å². The first kappa shape index (κ1) is 22.4. The average molecular weight is 505 g/mol. The van der Waals surface area contributed by atoms with Crippen LogP contribution in [0.25, 0.3) is 0 Å². The number of rotatable bonds is 7. The average Bonchev–Trinajstić information content (AvgIpc) is 2.74. The number of guanidine groups is 1. The maximum Gasteiger partial charge on any atom is 0.193 e. The van der Waals surface area contributed by atoms with Gasteiger partial charge in [0.05, 0.1) is 20.8 Å². The van der Waals surface area contributed by atoms with E-state index in [-0.39, 0.29) is 24.0 Å². The number of ether oxygens (including phenoxy) is 3. The fraction of sp³-hybridized carbons (Fsp3) is 0.136. The molecule has 3 N–H and O–H groups in total. The molecule has 0 aliphatic rings. The minimum atomic E-state index is 0. The third-order valence-electron chi connectivity index (χ3n) is 3.99. The van der Waals surface area contributed by atoms with Gasteiger partial charge in [-0.1, -0.05) is 30.3 Å². The zero-order valence-electron chi connectivity index (χ0n) is 16.3. The Bertz CT molecular complexity index is 932. The van der Waals surface area contributed by atoms with Gasteiger partial charge in [-0.3, -0.25) is 0 Å². The minimum absolute atomic E-state index is 0. The van der Waals surface area contributed by atoms with Crippen LogP contribution in [0.1, 0.15) is 5.56 Å². The largest absolute Gasteiger partial charge is 0.493 e. The smallest absolute Gasteiger partial charge is 0.193 e. The fourth-order valence-electron chi connectivity index (χ4n) is 2.57. The molecule has 7 heteroatoms. The summed E-state index contributed by atoms with van der Waals surface area (Å²) >= 11 is 0. The van der Waals surface area contributed by atoms with Crippen LogP contribution in [0.2, 0.25) is 0 Å². The number of hydrogen-bond donors (Lipinski definition) is 2. The molecular formula is C22H24IN3O3. The first-order valence-corrected chi connectivity index (χ1v) is 8.79. The van der Waals surface area contributed by atoms with E-state index in [4.69, 9.17) is 19.9 Å². The second-order valence-electron chi connectivity index (χ2n) is 5.96. The van der Waals surface area contributed by atoms with Crippen molar-refractivity contribution in [2.45, 2.75) is 6.54 Å². The topological polar surface area (TPSA) is 78.1 Å². The van der Waals surface area contributed by atoms with Crippen molar-refractivity contribution in [2.24, 2.45) is 10.7 Å². The molecule has 0 aromatic heterocycles. The number of para-hydroxylation sites is 1. The maximum absolute atomic E-state index is 5.99. The van der Waals surface area contributed by atoms with Crippen LogP contribution in [0.15, 0.2) is 77.8 Å². The van der Waals surface area contributed by atoms with Crippen molar-refractivity contribution in [1.82, 2.24) is 0 Å². The van der Waals surface area contributed by atoms with E-state index < -0.39 is 0 Å². The second-order valence-corrected chi connectivity index (χ2v) is 5.96. The Balaban J connectivity index is 0.00000300. The molecule has 0 radical (unpaired) electrons. The highest BCUT2D eigenvalue weighted by molar-refractivity contribution is 14.0. The lowest BCUT2D eigenvalue weighted by Crippen LogP contribution is -2.22. The van der Waals surface area contributed by atoms with Gasteiger partial charge in [-0.2, -0.15) is 0 Å². The van der Waals surface area contributed by atoms with Crippen LogP contribution >= 0.6 is 24.0 Å². The van der Waals surface area contributed by atoms with E-state index in [2.05, 4.69) is 10.3 Å². The molecule has 3 aromatic carbocycles. The summed E-state index contributed by atoms with van der Waals surface area (Å²) in [6.07, 6.45) is 0. The van der Waals surface area contributed by atoms with Crippen molar-refractivity contribution in [3.05, 3.63) is 78.4 Å². The normalized spacial score (nSPS) is 10.6. The quantitative estimate of drug-likeness (QED) is 0.267. The van der Waals surface area contributed by atoms with Crippen LogP contribution in [0.5, 0.6) is 23.0 Å². The van der Waals surface area contributed by atoms with E-state index in [1.807, 2.05) is 60.7 Å². The number of methoxy groups -OCH3 is 2. The first-order valence-electron chi connectivity index (χ1n) is 8.79. The molecule has 3 rings (SSSR count). The summed E-state index contributed by atoms with van der Waals surface area (Å²) in [6.45, 7) is 0.456. The molecule has 0 saturated carbocycles. The van der Waals surface area contributed by atoms with Crippen molar-refractivity contribution in [3.8, 4) is 23.0 Å². The molecule has 0 saturated heterocycles. The molecule has 0 atom stereocenters. The lowest BCUT2D eigenvalue weighted by atomic mass is 10.2. The van der Waals surface area contributed by atoms with Crippen molar-refractivity contribution in [3.63, 3.8) is 0 Å². The Hall–Kier alpha value is -2.94. The van der Waals surface area contributed by atoms with Gasteiger partial charge in [-0.15, -0.1) is 24.0 Å². The maximum atomic E-state index is 5.99. The number of benzene rings is 3. The molecule has 3 aromatic rings. The Morgan fingerprint density at radius 2 is 1.52 bits per heavy atom. The van der Waals surface area contributed by atoms with Gasteiger partial charge in [0.1, 0.15) is 11.5 Å². The van der Waals surface area contributed by atoms with Crippen LogP contribution in [-0.4, -0.2) is 20.2 Å². The van der Waals surface area contributed by atoms with Gasteiger partial charge in [0.15, 0.2) is 17.5 Å². The predicted molar refractivity (Wildman–Crippen MR) is 127 cm³/mol. The molecular weight excluding hydrogens is 481 g/mol. The molecule has 0 bridgehead atoms. The van der Waals surface area contributed by atoms with Crippen molar-refractivity contribution in [1.29, 1.82) is 0 Å². The number of halogens is 1. The number of aliphatic imine (C=N–C) groups is 1. The third-order valence-corrected chi connectivity index (χ3v) is 3.99. The number of nitrogens with zero attached hydrogens (tertiary/aromatic N) is 1. The third kappa shape index (κ3) is 6.56. The standard InChI is InChI=1S/C22H23N3O3.HI/c1-26-20-13-10-17(14-21(20)27-2)25-22(23)24-15-16-8-11-19(12-9-16)28-18-6-4-3-5-7-18;/h3-14H,15H2,1-2H3,(H3,23,24,25);1H. The number of hydrogen-bond acceptors (Lipinski definition) is 4. The van der Waals surface area contributed by atoms with Crippen LogP contribution in [0, 0.1) is 0 Å². The first-order chi connectivity index (χ1) is 13.7. The Morgan fingerprint density at radius 3 is 2.17 bits per heavy atom. The van der Waals surface area contributed by atoms with Gasteiger partial charge < -0.3 is 25.3 Å². The van der Waals surface area contributed by atoms with Crippen LogP contribution in [0.3, 0.4) is 0 Å². The fourth-order valence-corrected chi connectivity index (χ4v) is 2.57. The van der Waals surface area contributed by atoms with E-state index in [1.54, 1.807) is 26.4 Å². The van der Waals surface area contributed by atoms with E-state index in [0.717, 1.165) is 22.7 Å². The second kappa shape index (κ2) is 11.2. The molecule has 0 fully saturated rings. The van der Waals surface area contributed by atoms with Crippen molar-refractivity contribution >= 4 is 35.6 Å². The van der Waals surface area contributed by atoms with Crippen LogP contribution in [-0.2, 0) is 6.54 Å². The SMILES string of the molecule is COc1ccc(NC(N)=NCc2ccc(Oc3ccccc3)cc2)cc1OC.I. The predicted octanol–water partition coefficient (Wildman–Crippen LogP) is 5.04. The van der Waals surface area contributed by atoms with Crippen molar-refractivity contribution < 1.29 is 14.2 Å². The van der Waals surface area contributed by atoms with Gasteiger partial charge in [0, 0.05) is 11.8 Å². The molecule has 0 spiro atoms. The Labute approximate surface area is 187 Å². The Morgan fingerprint density at radius 1 is 0.862 bits per heavy atom. The molecule has 0 amide bonds. The molecule has 29 heavy (non-hydrogen) atoms. The van der Waals surface area contributed by atoms with E-state index in [1.165, 1.54) is 0 Å². The van der Waals surface area contributed by atoms with E-state index >= 15 is 0 Å². The van der Waals surface area contributed by atoms with Gasteiger partial charge in [0.25, 0.3) is 0 Å². The van der Waals surface area contributed by atoms with E-state index in [9.17, 15) is 0 Å². The molecule has 0 unspecified atom stereocenters. The number of nitrogens with two attached hydrogens (primary N) is 1. The molecule has 0 aliphatic carbocycles. The number of nitrogens with one attached hydrogen (secondary N) is 1.